The van der Waals surface area contributed by atoms with Crippen molar-refractivity contribution in [2.24, 2.45) is 16.8 Å². The zero-order chi connectivity index (χ0) is 25.8. The normalized spacial score (nSPS) is 19.9. The number of pyridine rings is 1. The molecular weight excluding hydrogens is 458 g/mol. The molecule has 5 N–H and O–H groups in total. The van der Waals surface area contributed by atoms with E-state index in [0.29, 0.717) is 25.0 Å². The van der Waals surface area contributed by atoms with Crippen LogP contribution < -0.4 is 21.3 Å². The highest BCUT2D eigenvalue weighted by molar-refractivity contribution is 6.08. The lowest BCUT2D eigenvalue weighted by Crippen LogP contribution is -2.55. The Balaban J connectivity index is 1.59. The number of carbonyl (C=O) groups is 3. The first-order chi connectivity index (χ1) is 17.3. The van der Waals surface area contributed by atoms with E-state index < -0.39 is 18.0 Å². The van der Waals surface area contributed by atoms with Crippen LogP contribution in [0.15, 0.2) is 59.6 Å². The molecule has 4 rings (SSSR count). The largest absolute Gasteiger partial charge is 0.403 e. The predicted octanol–water partition coefficient (Wildman–Crippen LogP) is 2.16. The molecule has 3 atom stereocenters. The Kier molecular flexibility index (Phi) is 7.42. The minimum atomic E-state index is -0.779. The average Bonchev–Trinajstić information content (AvgIpc) is 3.21. The number of hydrogen-bond acceptors (Lipinski definition) is 7. The molecule has 1 aromatic carbocycles. The van der Waals surface area contributed by atoms with E-state index >= 15 is 0 Å². The van der Waals surface area contributed by atoms with Crippen molar-refractivity contribution in [1.29, 1.82) is 5.53 Å². The minimum absolute atomic E-state index is 0.0130. The van der Waals surface area contributed by atoms with Crippen LogP contribution in [0.1, 0.15) is 43.0 Å². The van der Waals surface area contributed by atoms with Crippen molar-refractivity contribution in [3.8, 4) is 0 Å². The maximum absolute atomic E-state index is 13.8. The van der Waals surface area contributed by atoms with Crippen molar-refractivity contribution in [3.63, 3.8) is 0 Å². The number of hydrogen-bond donors (Lipinski definition) is 4. The molecule has 0 bridgehead atoms. The van der Waals surface area contributed by atoms with E-state index in [1.165, 1.54) is 4.90 Å². The predicted molar refractivity (Wildman–Crippen MR) is 134 cm³/mol. The molecule has 0 saturated carbocycles. The summed E-state index contributed by atoms with van der Waals surface area (Å²) in [6.45, 7) is 3.88. The van der Waals surface area contributed by atoms with Crippen molar-refractivity contribution in [1.82, 2.24) is 15.6 Å². The van der Waals surface area contributed by atoms with Crippen LogP contribution in [-0.4, -0.2) is 41.3 Å². The van der Waals surface area contributed by atoms with E-state index in [9.17, 15) is 14.4 Å². The van der Waals surface area contributed by atoms with Crippen molar-refractivity contribution in [2.45, 2.75) is 51.1 Å². The molecule has 1 aromatic heterocycles. The molecule has 0 aliphatic carbocycles. The fraction of sp³-hybridized carbons (Fsp3) is 0.385. The summed E-state index contributed by atoms with van der Waals surface area (Å²) in [7, 11) is 0. The fourth-order valence-corrected chi connectivity index (χ4v) is 5.01. The summed E-state index contributed by atoms with van der Waals surface area (Å²) < 4.78 is 0. The molecule has 0 unspecified atom stereocenters. The fourth-order valence-electron chi connectivity index (χ4n) is 5.01. The number of amides is 3. The lowest BCUT2D eigenvalue weighted by atomic mass is 9.90. The number of aryl methyl sites for hydroxylation is 1. The Morgan fingerprint density at radius 2 is 2.03 bits per heavy atom. The zero-order valence-corrected chi connectivity index (χ0v) is 20.4. The Morgan fingerprint density at radius 1 is 1.25 bits per heavy atom. The second-order valence-corrected chi connectivity index (χ2v) is 9.42. The van der Waals surface area contributed by atoms with Crippen molar-refractivity contribution < 1.29 is 14.4 Å². The first-order valence-corrected chi connectivity index (χ1v) is 12.1. The van der Waals surface area contributed by atoms with E-state index in [1.54, 1.807) is 12.3 Å². The summed E-state index contributed by atoms with van der Waals surface area (Å²) in [6.07, 6.45) is 4.20. The lowest BCUT2D eigenvalue weighted by Gasteiger charge is -2.29. The Labute approximate surface area is 209 Å². The molecule has 0 fully saturated rings. The number of anilines is 1. The second kappa shape index (κ2) is 10.7. The number of benzene rings is 1. The van der Waals surface area contributed by atoms with Gasteiger partial charge in [-0.1, -0.05) is 38.1 Å². The van der Waals surface area contributed by atoms with E-state index in [0.717, 1.165) is 23.0 Å². The molecule has 36 heavy (non-hydrogen) atoms. The SMILES string of the molecule is CC(C)[C@@H](C(=O)N[C@H]1CCc2cccc3c2N(C1=O)[C@H](C(=O)NC/C(=C/N)N=N)C3)c1ccccn1. The van der Waals surface area contributed by atoms with Crippen LogP contribution in [0, 0.1) is 11.4 Å². The number of nitrogens with one attached hydrogen (secondary N) is 3. The van der Waals surface area contributed by atoms with Gasteiger partial charge in [-0.05, 0) is 42.0 Å². The van der Waals surface area contributed by atoms with Crippen molar-refractivity contribution in [3.05, 3.63) is 71.3 Å². The third kappa shape index (κ3) is 4.84. The highest BCUT2D eigenvalue weighted by Crippen LogP contribution is 2.39. The monoisotopic (exact) mass is 489 g/mol. The molecule has 2 aliphatic heterocycles. The van der Waals surface area contributed by atoms with Crippen molar-refractivity contribution >= 4 is 23.4 Å². The van der Waals surface area contributed by atoms with Gasteiger partial charge in [0.25, 0.3) is 0 Å². The highest BCUT2D eigenvalue weighted by Gasteiger charge is 2.44. The van der Waals surface area contributed by atoms with Crippen LogP contribution in [0.5, 0.6) is 0 Å². The first kappa shape index (κ1) is 25.0. The highest BCUT2D eigenvalue weighted by atomic mass is 16.2. The minimum Gasteiger partial charge on any atom is -0.403 e. The number of para-hydroxylation sites is 1. The Bertz CT molecular complexity index is 1200. The van der Waals surface area contributed by atoms with Gasteiger partial charge in [-0.25, -0.2) is 5.53 Å². The summed E-state index contributed by atoms with van der Waals surface area (Å²) >= 11 is 0. The summed E-state index contributed by atoms with van der Waals surface area (Å²) in [6, 6.07) is 9.72. The van der Waals surface area contributed by atoms with E-state index in [2.05, 4.69) is 20.7 Å². The number of aromatic nitrogens is 1. The average molecular weight is 490 g/mol. The van der Waals surface area contributed by atoms with Gasteiger partial charge in [0.15, 0.2) is 0 Å². The van der Waals surface area contributed by atoms with Crippen LogP contribution >= 0.6 is 0 Å². The van der Waals surface area contributed by atoms with Gasteiger partial charge in [0.05, 0.1) is 29.5 Å². The molecule has 0 spiro atoms. The molecule has 2 aromatic rings. The topological polar surface area (TPSA) is 154 Å². The van der Waals surface area contributed by atoms with Gasteiger partial charge in [0.2, 0.25) is 17.7 Å². The van der Waals surface area contributed by atoms with Crippen LogP contribution in [-0.2, 0) is 27.2 Å². The molecule has 10 nitrogen and oxygen atoms in total. The summed E-state index contributed by atoms with van der Waals surface area (Å²) in [5, 5.41) is 8.98. The summed E-state index contributed by atoms with van der Waals surface area (Å²) in [4.78, 5) is 46.3. The van der Waals surface area contributed by atoms with Crippen LogP contribution in [0.4, 0.5) is 5.69 Å². The Morgan fingerprint density at radius 3 is 2.69 bits per heavy atom. The molecule has 2 aliphatic rings. The van der Waals surface area contributed by atoms with Crippen LogP contribution in [0.25, 0.3) is 0 Å². The molecule has 0 saturated heterocycles. The van der Waals surface area contributed by atoms with Crippen molar-refractivity contribution in [2.75, 3.05) is 11.4 Å². The molecule has 188 valence electrons. The maximum Gasteiger partial charge on any atom is 0.250 e. The van der Waals surface area contributed by atoms with E-state index in [1.807, 2.05) is 44.2 Å². The second-order valence-electron chi connectivity index (χ2n) is 9.42. The van der Waals surface area contributed by atoms with E-state index in [-0.39, 0.29) is 35.9 Å². The number of carbonyl (C=O) groups excluding carboxylic acids is 3. The maximum atomic E-state index is 13.8. The van der Waals surface area contributed by atoms with Crippen LogP contribution in [0.2, 0.25) is 0 Å². The molecular formula is C26H31N7O3. The zero-order valence-electron chi connectivity index (χ0n) is 20.4. The summed E-state index contributed by atoms with van der Waals surface area (Å²) in [5.41, 5.74) is 16.1. The molecule has 10 heteroatoms. The van der Waals surface area contributed by atoms with Gasteiger partial charge in [0, 0.05) is 18.8 Å². The lowest BCUT2D eigenvalue weighted by molar-refractivity contribution is -0.130. The smallest absolute Gasteiger partial charge is 0.250 e. The van der Waals surface area contributed by atoms with Gasteiger partial charge in [-0.15, -0.1) is 0 Å². The summed E-state index contributed by atoms with van der Waals surface area (Å²) in [5.74, 6) is -1.47. The third-order valence-corrected chi connectivity index (χ3v) is 6.76. The standard InChI is InChI=1S/C26H31N7O3/c1-15(2)22(19-8-3-4-11-29-19)25(35)31-20-10-9-16-6-5-7-17-12-21(33(23(16)17)26(20)36)24(34)30-14-18(13-27)32-28/h3-8,11,13,15,20-22,28H,9-10,12,14,27H2,1-2H3,(H,30,34)(H,31,35)/b18-13-,32-28?/t20-,21-,22+/m0/s1. The van der Waals surface area contributed by atoms with Gasteiger partial charge in [-0.2, -0.15) is 5.11 Å². The quantitative estimate of drug-likeness (QED) is 0.419. The van der Waals surface area contributed by atoms with E-state index in [4.69, 9.17) is 11.3 Å². The number of rotatable bonds is 8. The first-order valence-electron chi connectivity index (χ1n) is 12.1. The van der Waals surface area contributed by atoms with Gasteiger partial charge in [0.1, 0.15) is 12.1 Å². The molecule has 3 heterocycles. The number of nitrogens with two attached hydrogens (primary N) is 1. The molecule has 3 amide bonds. The molecule has 0 radical (unpaired) electrons. The van der Waals surface area contributed by atoms with Crippen LogP contribution in [0.3, 0.4) is 0 Å². The third-order valence-electron chi connectivity index (χ3n) is 6.76. The van der Waals surface area contributed by atoms with Gasteiger partial charge < -0.3 is 16.4 Å². The number of nitrogens with zero attached hydrogens (tertiary/aromatic N) is 3. The van der Waals surface area contributed by atoms with Gasteiger partial charge in [-0.3, -0.25) is 24.3 Å². The Hall–Kier alpha value is -4.08. The van der Waals surface area contributed by atoms with Gasteiger partial charge >= 0.3 is 0 Å².